The molecule has 2 rings (SSSR count). The Morgan fingerprint density at radius 3 is 2.20 bits per heavy atom. The first-order valence-electron chi connectivity index (χ1n) is 6.01. The lowest BCUT2D eigenvalue weighted by Crippen LogP contribution is -2.12. The van der Waals surface area contributed by atoms with E-state index in [9.17, 15) is 13.6 Å². The molecule has 0 spiro atoms. The fourth-order valence-corrected chi connectivity index (χ4v) is 2.21. The predicted molar refractivity (Wildman–Crippen MR) is 78.3 cm³/mol. The third-order valence-electron chi connectivity index (χ3n) is 2.72. The number of hydrogen-bond donors (Lipinski definition) is 1. The summed E-state index contributed by atoms with van der Waals surface area (Å²) in [6.07, 6.45) is 0.892. The minimum atomic E-state index is -0.775. The maximum atomic E-state index is 13.0. The van der Waals surface area contributed by atoms with E-state index in [1.54, 1.807) is 12.1 Å². The summed E-state index contributed by atoms with van der Waals surface area (Å²) in [5.41, 5.74) is 1.67. The van der Waals surface area contributed by atoms with E-state index in [1.165, 1.54) is 0 Å². The number of aryl methyl sites for hydroxylation is 1. The lowest BCUT2D eigenvalue weighted by Gasteiger charge is -2.06. The summed E-state index contributed by atoms with van der Waals surface area (Å²) in [6, 6.07) is 10.0. The van der Waals surface area contributed by atoms with Crippen LogP contribution < -0.4 is 5.32 Å². The Bertz CT molecular complexity index is 594. The monoisotopic (exact) mass is 339 g/mol. The van der Waals surface area contributed by atoms with E-state index in [4.69, 9.17) is 0 Å². The van der Waals surface area contributed by atoms with E-state index < -0.39 is 17.5 Å². The van der Waals surface area contributed by atoms with Crippen LogP contribution in [0.2, 0.25) is 0 Å². The second-order valence-corrected chi connectivity index (χ2v) is 5.04. The Labute approximate surface area is 123 Å². The van der Waals surface area contributed by atoms with E-state index in [0.717, 1.165) is 35.5 Å². The third kappa shape index (κ3) is 3.87. The standard InChI is InChI=1S/C15H12BrF2NO/c16-6-5-10-1-3-14(4-2-10)19-15(20)11-7-12(17)9-13(18)8-11/h1-4,7-9H,5-6H2,(H,19,20). The van der Waals surface area contributed by atoms with Crippen molar-refractivity contribution in [3.05, 3.63) is 65.2 Å². The zero-order valence-electron chi connectivity index (χ0n) is 10.5. The predicted octanol–water partition coefficient (Wildman–Crippen LogP) is 4.15. The highest BCUT2D eigenvalue weighted by atomic mass is 79.9. The first-order valence-corrected chi connectivity index (χ1v) is 7.13. The van der Waals surface area contributed by atoms with Crippen LogP contribution in [0.25, 0.3) is 0 Å². The number of alkyl halides is 1. The molecule has 20 heavy (non-hydrogen) atoms. The lowest BCUT2D eigenvalue weighted by atomic mass is 10.1. The molecule has 0 aliphatic heterocycles. The third-order valence-corrected chi connectivity index (χ3v) is 3.12. The molecule has 0 heterocycles. The number of benzene rings is 2. The molecule has 0 aliphatic rings. The minimum absolute atomic E-state index is 0.0490. The molecule has 0 radical (unpaired) electrons. The Hall–Kier alpha value is -1.75. The van der Waals surface area contributed by atoms with Crippen LogP contribution in [0.5, 0.6) is 0 Å². The van der Waals surface area contributed by atoms with E-state index in [2.05, 4.69) is 21.2 Å². The molecule has 0 aliphatic carbocycles. The van der Waals surface area contributed by atoms with Crippen LogP contribution >= 0.6 is 15.9 Å². The molecule has 1 N–H and O–H groups in total. The second-order valence-electron chi connectivity index (χ2n) is 4.25. The highest BCUT2D eigenvalue weighted by molar-refractivity contribution is 9.09. The largest absolute Gasteiger partial charge is 0.322 e. The average molecular weight is 340 g/mol. The summed E-state index contributed by atoms with van der Waals surface area (Å²) < 4.78 is 26.1. The lowest BCUT2D eigenvalue weighted by molar-refractivity contribution is 0.102. The van der Waals surface area contributed by atoms with Crippen molar-refractivity contribution >= 4 is 27.5 Å². The molecular weight excluding hydrogens is 328 g/mol. The molecule has 104 valence electrons. The van der Waals surface area contributed by atoms with Crippen molar-refractivity contribution in [2.45, 2.75) is 6.42 Å². The van der Waals surface area contributed by atoms with Crippen molar-refractivity contribution in [2.24, 2.45) is 0 Å². The van der Waals surface area contributed by atoms with Crippen LogP contribution in [-0.2, 0) is 6.42 Å². The van der Waals surface area contributed by atoms with E-state index in [-0.39, 0.29) is 5.56 Å². The van der Waals surface area contributed by atoms with Crippen LogP contribution in [0.4, 0.5) is 14.5 Å². The summed E-state index contributed by atoms with van der Waals surface area (Å²) in [6.45, 7) is 0. The number of hydrogen-bond acceptors (Lipinski definition) is 1. The summed E-state index contributed by atoms with van der Waals surface area (Å²) in [5, 5.41) is 3.46. The molecule has 2 nitrogen and oxygen atoms in total. The van der Waals surface area contributed by atoms with Gasteiger partial charge in [-0.1, -0.05) is 28.1 Å². The van der Waals surface area contributed by atoms with Gasteiger partial charge in [0.1, 0.15) is 11.6 Å². The Morgan fingerprint density at radius 1 is 1.05 bits per heavy atom. The van der Waals surface area contributed by atoms with E-state index >= 15 is 0 Å². The van der Waals surface area contributed by atoms with Gasteiger partial charge in [0.2, 0.25) is 0 Å². The van der Waals surface area contributed by atoms with Crippen LogP contribution in [0.3, 0.4) is 0 Å². The highest BCUT2D eigenvalue weighted by Crippen LogP contribution is 2.14. The number of halogens is 3. The van der Waals surface area contributed by atoms with Crippen molar-refractivity contribution in [1.82, 2.24) is 0 Å². The van der Waals surface area contributed by atoms with Gasteiger partial charge in [0.15, 0.2) is 0 Å². The molecule has 2 aromatic carbocycles. The molecule has 0 unspecified atom stereocenters. The molecule has 0 atom stereocenters. The molecule has 1 amide bonds. The number of carbonyl (C=O) groups is 1. The van der Waals surface area contributed by atoms with E-state index in [0.29, 0.717) is 5.69 Å². The number of nitrogens with one attached hydrogen (secondary N) is 1. The fourth-order valence-electron chi connectivity index (χ4n) is 1.75. The van der Waals surface area contributed by atoms with Crippen LogP contribution in [0, 0.1) is 11.6 Å². The number of rotatable bonds is 4. The normalized spacial score (nSPS) is 10.3. The quantitative estimate of drug-likeness (QED) is 0.833. The number of anilines is 1. The number of carbonyl (C=O) groups excluding carboxylic acids is 1. The van der Waals surface area contributed by atoms with Gasteiger partial charge in [0, 0.05) is 22.6 Å². The minimum Gasteiger partial charge on any atom is -0.322 e. The van der Waals surface area contributed by atoms with Crippen molar-refractivity contribution in [1.29, 1.82) is 0 Å². The Kier molecular flexibility index (Phi) is 4.84. The summed E-state index contributed by atoms with van der Waals surface area (Å²) >= 11 is 3.35. The van der Waals surface area contributed by atoms with Crippen LogP contribution in [0.1, 0.15) is 15.9 Å². The first-order chi connectivity index (χ1) is 9.58. The second kappa shape index (κ2) is 6.61. The van der Waals surface area contributed by atoms with Crippen LogP contribution in [-0.4, -0.2) is 11.2 Å². The summed E-state index contributed by atoms with van der Waals surface area (Å²) in [5.74, 6) is -2.10. The molecule has 0 saturated carbocycles. The highest BCUT2D eigenvalue weighted by Gasteiger charge is 2.09. The Morgan fingerprint density at radius 2 is 1.65 bits per heavy atom. The number of amides is 1. The zero-order chi connectivity index (χ0) is 14.5. The zero-order valence-corrected chi connectivity index (χ0v) is 12.1. The molecule has 0 aromatic heterocycles. The van der Waals surface area contributed by atoms with Crippen LogP contribution in [0.15, 0.2) is 42.5 Å². The van der Waals surface area contributed by atoms with Gasteiger partial charge in [-0.25, -0.2) is 8.78 Å². The van der Waals surface area contributed by atoms with Crippen molar-refractivity contribution < 1.29 is 13.6 Å². The van der Waals surface area contributed by atoms with Gasteiger partial charge in [-0.3, -0.25) is 4.79 Å². The molecule has 0 saturated heterocycles. The topological polar surface area (TPSA) is 29.1 Å². The van der Waals surface area contributed by atoms with Gasteiger partial charge < -0.3 is 5.32 Å². The summed E-state index contributed by atoms with van der Waals surface area (Å²) in [4.78, 5) is 11.9. The van der Waals surface area contributed by atoms with Gasteiger partial charge >= 0.3 is 0 Å². The maximum Gasteiger partial charge on any atom is 0.255 e. The average Bonchev–Trinajstić information content (AvgIpc) is 2.40. The first kappa shape index (κ1) is 14.7. The maximum absolute atomic E-state index is 13.0. The van der Waals surface area contributed by atoms with Crippen molar-refractivity contribution in [3.8, 4) is 0 Å². The molecule has 5 heteroatoms. The Balaban J connectivity index is 2.10. The smallest absolute Gasteiger partial charge is 0.255 e. The van der Waals surface area contributed by atoms with Crippen molar-refractivity contribution in [2.75, 3.05) is 10.6 Å². The SMILES string of the molecule is O=C(Nc1ccc(CCBr)cc1)c1cc(F)cc(F)c1. The van der Waals surface area contributed by atoms with Gasteiger partial charge in [-0.2, -0.15) is 0 Å². The summed E-state index contributed by atoms with van der Waals surface area (Å²) in [7, 11) is 0. The molecular formula is C15H12BrF2NO. The molecule has 2 aromatic rings. The fraction of sp³-hybridized carbons (Fsp3) is 0.133. The van der Waals surface area contributed by atoms with Crippen molar-refractivity contribution in [3.63, 3.8) is 0 Å². The van der Waals surface area contributed by atoms with Gasteiger partial charge in [0.25, 0.3) is 5.91 Å². The van der Waals surface area contributed by atoms with E-state index in [1.807, 2.05) is 12.1 Å². The van der Waals surface area contributed by atoms with Gasteiger partial charge in [0.05, 0.1) is 0 Å². The molecule has 0 bridgehead atoms. The van der Waals surface area contributed by atoms with Gasteiger partial charge in [-0.15, -0.1) is 0 Å². The van der Waals surface area contributed by atoms with Gasteiger partial charge in [-0.05, 0) is 36.2 Å². The molecule has 0 fully saturated rings.